The van der Waals surface area contributed by atoms with Crippen molar-refractivity contribution in [3.05, 3.63) is 47.5 Å². The average Bonchev–Trinajstić information content (AvgIpc) is 3.16. The van der Waals surface area contributed by atoms with Crippen LogP contribution in [-0.2, 0) is 0 Å². The Labute approximate surface area is 141 Å². The SMILES string of the molecule is Cc1nnc(Sc2[se]nnc2-c2ccc3ccccc3c2)s1. The molecule has 0 spiro atoms. The Morgan fingerprint density at radius 3 is 2.68 bits per heavy atom. The summed E-state index contributed by atoms with van der Waals surface area (Å²) in [6.45, 7) is 1.97. The first-order valence-corrected chi connectivity index (χ1v) is 9.85. The van der Waals surface area contributed by atoms with Crippen molar-refractivity contribution in [2.24, 2.45) is 0 Å². The molecule has 0 saturated carbocycles. The monoisotopic (exact) mass is 390 g/mol. The van der Waals surface area contributed by atoms with Crippen molar-refractivity contribution in [1.82, 2.24) is 19.4 Å². The standard InChI is InChI=1S/C15H10N4S2Se/c1-9-16-18-15(20-9)21-14-13(17-19-22-14)12-7-6-10-4-2-3-5-11(10)8-12/h2-8H,1H3. The molecule has 0 aliphatic carbocycles. The normalized spacial score (nSPS) is 11.1. The van der Waals surface area contributed by atoms with Crippen molar-refractivity contribution >= 4 is 48.6 Å². The number of rotatable bonds is 3. The van der Waals surface area contributed by atoms with Crippen LogP contribution >= 0.6 is 23.1 Å². The van der Waals surface area contributed by atoms with Crippen molar-refractivity contribution in [2.75, 3.05) is 0 Å². The molecule has 2 aromatic heterocycles. The van der Waals surface area contributed by atoms with Gasteiger partial charge in [0.2, 0.25) is 0 Å². The molecule has 0 aliphatic heterocycles. The molecule has 7 heteroatoms. The van der Waals surface area contributed by atoms with Gasteiger partial charge in [0, 0.05) is 0 Å². The van der Waals surface area contributed by atoms with E-state index in [-0.39, 0.29) is 14.7 Å². The molecule has 2 heterocycles. The fraction of sp³-hybridized carbons (Fsp3) is 0.0667. The maximum absolute atomic E-state index is 4.37. The van der Waals surface area contributed by atoms with Gasteiger partial charge in [-0.15, -0.1) is 0 Å². The minimum atomic E-state index is 0.0330. The summed E-state index contributed by atoms with van der Waals surface area (Å²) >= 11 is 3.29. The Hall–Kier alpha value is -1.53. The van der Waals surface area contributed by atoms with E-state index in [4.69, 9.17) is 0 Å². The van der Waals surface area contributed by atoms with E-state index < -0.39 is 0 Å². The van der Waals surface area contributed by atoms with Crippen LogP contribution < -0.4 is 0 Å². The van der Waals surface area contributed by atoms with E-state index in [1.54, 1.807) is 23.1 Å². The summed E-state index contributed by atoms with van der Waals surface area (Å²) in [7, 11) is 0. The molecule has 4 nitrogen and oxygen atoms in total. The molecule has 4 rings (SSSR count). The molecule has 4 aromatic rings. The number of hydrogen-bond donors (Lipinski definition) is 0. The van der Waals surface area contributed by atoms with Crippen molar-refractivity contribution in [2.45, 2.75) is 15.0 Å². The third-order valence-electron chi connectivity index (χ3n) is 3.17. The van der Waals surface area contributed by atoms with Gasteiger partial charge >= 0.3 is 142 Å². The topological polar surface area (TPSA) is 51.6 Å². The Morgan fingerprint density at radius 1 is 1.00 bits per heavy atom. The van der Waals surface area contributed by atoms with E-state index in [0.717, 1.165) is 20.6 Å². The van der Waals surface area contributed by atoms with E-state index >= 15 is 0 Å². The quantitative estimate of drug-likeness (QED) is 0.501. The molecule has 0 N–H and O–H groups in total. The van der Waals surface area contributed by atoms with Crippen molar-refractivity contribution in [3.8, 4) is 11.3 Å². The predicted octanol–water partition coefficient (Wildman–Crippen LogP) is 3.66. The van der Waals surface area contributed by atoms with Crippen LogP contribution in [0.4, 0.5) is 0 Å². The third-order valence-corrected chi connectivity index (χ3v) is 6.94. The summed E-state index contributed by atoms with van der Waals surface area (Å²) in [6, 6.07) is 14.8. The van der Waals surface area contributed by atoms with Crippen LogP contribution in [0.15, 0.2) is 50.6 Å². The summed E-state index contributed by atoms with van der Waals surface area (Å²) in [5.41, 5.74) is 2.09. The summed E-state index contributed by atoms with van der Waals surface area (Å²) in [5.74, 6) is 0. The van der Waals surface area contributed by atoms with Crippen LogP contribution in [0.1, 0.15) is 5.01 Å². The number of fused-ring (bicyclic) bond motifs is 1. The number of aromatic nitrogens is 4. The summed E-state index contributed by atoms with van der Waals surface area (Å²) in [5, 5.41) is 16.1. The molecule has 0 atom stereocenters. The summed E-state index contributed by atoms with van der Waals surface area (Å²) in [4.78, 5) is 0. The predicted molar refractivity (Wildman–Crippen MR) is 90.7 cm³/mol. The van der Waals surface area contributed by atoms with Crippen LogP contribution in [0.3, 0.4) is 0 Å². The molecule has 0 aliphatic rings. The summed E-state index contributed by atoms with van der Waals surface area (Å²) < 4.78 is 6.41. The Balaban J connectivity index is 1.74. The summed E-state index contributed by atoms with van der Waals surface area (Å²) in [6.07, 6.45) is 0. The molecule has 2 aromatic carbocycles. The number of aryl methyl sites for hydroxylation is 1. The third kappa shape index (κ3) is 2.73. The Kier molecular flexibility index (Phi) is 3.80. The minimum absolute atomic E-state index is 0.0330. The molecule has 0 unspecified atom stereocenters. The zero-order valence-electron chi connectivity index (χ0n) is 11.6. The van der Waals surface area contributed by atoms with Gasteiger partial charge in [0.1, 0.15) is 0 Å². The van der Waals surface area contributed by atoms with Crippen molar-refractivity contribution in [1.29, 1.82) is 0 Å². The van der Waals surface area contributed by atoms with Crippen LogP contribution in [0.25, 0.3) is 22.0 Å². The van der Waals surface area contributed by atoms with Crippen molar-refractivity contribution in [3.63, 3.8) is 0 Å². The van der Waals surface area contributed by atoms with Crippen molar-refractivity contribution < 1.29 is 0 Å². The van der Waals surface area contributed by atoms with Gasteiger partial charge in [0.15, 0.2) is 0 Å². The first-order chi connectivity index (χ1) is 10.8. The fourth-order valence-corrected chi connectivity index (χ4v) is 6.08. The van der Waals surface area contributed by atoms with Crippen LogP contribution in [0.5, 0.6) is 0 Å². The van der Waals surface area contributed by atoms with Crippen LogP contribution in [-0.4, -0.2) is 34.1 Å². The number of benzene rings is 2. The zero-order chi connectivity index (χ0) is 14.9. The second-order valence-corrected chi connectivity index (χ2v) is 9.26. The molecule has 0 fully saturated rings. The van der Waals surface area contributed by atoms with Gasteiger partial charge in [0.25, 0.3) is 0 Å². The fourth-order valence-electron chi connectivity index (χ4n) is 2.16. The average molecular weight is 389 g/mol. The first-order valence-electron chi connectivity index (χ1n) is 6.59. The molecular formula is C15H10N4S2Se. The van der Waals surface area contributed by atoms with E-state index in [1.165, 1.54) is 14.5 Å². The van der Waals surface area contributed by atoms with Gasteiger partial charge in [-0.2, -0.15) is 0 Å². The Bertz CT molecular complexity index is 947. The van der Waals surface area contributed by atoms with Crippen LogP contribution in [0.2, 0.25) is 0 Å². The maximum atomic E-state index is 4.37. The van der Waals surface area contributed by atoms with Gasteiger partial charge in [-0.25, -0.2) is 0 Å². The molecule has 22 heavy (non-hydrogen) atoms. The van der Waals surface area contributed by atoms with E-state index in [9.17, 15) is 0 Å². The number of nitrogens with zero attached hydrogens (tertiary/aromatic N) is 4. The van der Waals surface area contributed by atoms with Gasteiger partial charge in [-0.1, -0.05) is 0 Å². The Morgan fingerprint density at radius 2 is 1.86 bits per heavy atom. The first kappa shape index (κ1) is 14.1. The molecule has 0 amide bonds. The molecule has 0 radical (unpaired) electrons. The van der Waals surface area contributed by atoms with E-state index in [1.807, 2.05) is 6.92 Å². The van der Waals surface area contributed by atoms with E-state index in [2.05, 4.69) is 61.9 Å². The molecule has 108 valence electrons. The number of hydrogen-bond acceptors (Lipinski definition) is 6. The second-order valence-electron chi connectivity index (χ2n) is 4.66. The zero-order valence-corrected chi connectivity index (χ0v) is 14.9. The molecule has 0 bridgehead atoms. The van der Waals surface area contributed by atoms with Gasteiger partial charge in [-0.3, -0.25) is 0 Å². The van der Waals surface area contributed by atoms with Crippen LogP contribution in [0, 0.1) is 6.92 Å². The van der Waals surface area contributed by atoms with Gasteiger partial charge in [0.05, 0.1) is 0 Å². The second kappa shape index (κ2) is 5.93. The molecule has 0 saturated heterocycles. The van der Waals surface area contributed by atoms with Gasteiger partial charge < -0.3 is 0 Å². The van der Waals surface area contributed by atoms with E-state index in [0.29, 0.717) is 0 Å². The van der Waals surface area contributed by atoms with Gasteiger partial charge in [-0.05, 0) is 0 Å². The molecular weight excluding hydrogens is 379 g/mol.